The Balaban J connectivity index is 0.00000300. The SMILES string of the molecule is CCNC(=NCCc1nc(CC)c(C)s1)NC1CCN(c2ncccc2Cl)C1.I. The fraction of sp³-hybridized carbons (Fsp3) is 0.550. The zero-order chi connectivity index (χ0) is 19.9. The Hall–Kier alpha value is -1.13. The van der Waals surface area contributed by atoms with E-state index < -0.39 is 0 Å². The van der Waals surface area contributed by atoms with Gasteiger partial charge in [0.25, 0.3) is 0 Å². The highest BCUT2D eigenvalue weighted by Gasteiger charge is 2.25. The maximum Gasteiger partial charge on any atom is 0.191 e. The van der Waals surface area contributed by atoms with E-state index in [0.29, 0.717) is 11.1 Å². The lowest BCUT2D eigenvalue weighted by Crippen LogP contribution is -2.44. The molecule has 0 radical (unpaired) electrons. The van der Waals surface area contributed by atoms with E-state index >= 15 is 0 Å². The summed E-state index contributed by atoms with van der Waals surface area (Å²) in [5.41, 5.74) is 1.22. The second-order valence-electron chi connectivity index (χ2n) is 6.86. The standard InChI is InChI=1S/C20H29ClN6S.HI/c1-4-17-14(3)28-18(26-17)8-11-24-20(22-5-2)25-15-9-12-27(13-15)19-16(21)7-6-10-23-19;/h6-7,10,15H,4-5,8-9,11-13H2,1-3H3,(H2,22,24,25);1H. The summed E-state index contributed by atoms with van der Waals surface area (Å²) in [6, 6.07) is 4.08. The summed E-state index contributed by atoms with van der Waals surface area (Å²) in [4.78, 5) is 17.4. The summed E-state index contributed by atoms with van der Waals surface area (Å²) in [6.45, 7) is 9.76. The lowest BCUT2D eigenvalue weighted by Gasteiger charge is -2.20. The highest BCUT2D eigenvalue weighted by Crippen LogP contribution is 2.25. The van der Waals surface area contributed by atoms with Crippen molar-refractivity contribution in [3.8, 4) is 0 Å². The van der Waals surface area contributed by atoms with Crippen LogP contribution in [0.5, 0.6) is 0 Å². The average molecular weight is 549 g/mol. The van der Waals surface area contributed by atoms with Crippen LogP contribution in [0.2, 0.25) is 5.02 Å². The number of aryl methyl sites for hydroxylation is 2. The minimum absolute atomic E-state index is 0. The summed E-state index contributed by atoms with van der Waals surface area (Å²) < 4.78 is 0. The molecule has 3 heterocycles. The predicted molar refractivity (Wildman–Crippen MR) is 134 cm³/mol. The predicted octanol–water partition coefficient (Wildman–Crippen LogP) is 4.06. The smallest absolute Gasteiger partial charge is 0.191 e. The number of aromatic nitrogens is 2. The van der Waals surface area contributed by atoms with Gasteiger partial charge in [0, 0.05) is 49.7 Å². The molecule has 6 nitrogen and oxygen atoms in total. The Labute approximate surface area is 199 Å². The normalized spacial score (nSPS) is 16.6. The topological polar surface area (TPSA) is 65.4 Å². The third-order valence-electron chi connectivity index (χ3n) is 4.78. The molecule has 0 aromatic carbocycles. The van der Waals surface area contributed by atoms with Gasteiger partial charge in [0.05, 0.1) is 15.7 Å². The molecule has 1 atom stereocenters. The van der Waals surface area contributed by atoms with E-state index in [2.05, 4.69) is 41.3 Å². The van der Waals surface area contributed by atoms with Crippen LogP contribution in [0.1, 0.15) is 35.8 Å². The van der Waals surface area contributed by atoms with Crippen LogP contribution < -0.4 is 15.5 Å². The Bertz CT molecular complexity index is 812. The van der Waals surface area contributed by atoms with E-state index in [1.807, 2.05) is 12.1 Å². The molecule has 1 saturated heterocycles. The first-order valence-corrected chi connectivity index (χ1v) is 11.2. The van der Waals surface area contributed by atoms with Crippen molar-refractivity contribution in [1.82, 2.24) is 20.6 Å². The molecule has 1 aliphatic rings. The van der Waals surface area contributed by atoms with Gasteiger partial charge in [-0.3, -0.25) is 4.99 Å². The molecule has 2 aromatic rings. The van der Waals surface area contributed by atoms with Crippen molar-refractivity contribution in [3.05, 3.63) is 38.9 Å². The molecule has 0 amide bonds. The van der Waals surface area contributed by atoms with Gasteiger partial charge < -0.3 is 15.5 Å². The maximum absolute atomic E-state index is 6.29. The van der Waals surface area contributed by atoms with Crippen molar-refractivity contribution in [1.29, 1.82) is 0 Å². The van der Waals surface area contributed by atoms with Gasteiger partial charge in [-0.25, -0.2) is 9.97 Å². The first kappa shape index (κ1) is 24.1. The number of anilines is 1. The van der Waals surface area contributed by atoms with Gasteiger partial charge in [-0.15, -0.1) is 35.3 Å². The third kappa shape index (κ3) is 6.68. The van der Waals surface area contributed by atoms with E-state index in [1.54, 1.807) is 17.5 Å². The van der Waals surface area contributed by atoms with Gasteiger partial charge in [0.15, 0.2) is 5.96 Å². The van der Waals surface area contributed by atoms with Crippen LogP contribution in [-0.2, 0) is 12.8 Å². The van der Waals surface area contributed by atoms with Gasteiger partial charge in [-0.1, -0.05) is 18.5 Å². The molecule has 1 aliphatic heterocycles. The molecule has 2 aromatic heterocycles. The molecule has 0 aliphatic carbocycles. The largest absolute Gasteiger partial charge is 0.357 e. The number of nitrogens with one attached hydrogen (secondary N) is 2. The summed E-state index contributed by atoms with van der Waals surface area (Å²) in [5.74, 6) is 1.73. The van der Waals surface area contributed by atoms with Crippen LogP contribution >= 0.6 is 46.9 Å². The van der Waals surface area contributed by atoms with Crippen LogP contribution in [0, 0.1) is 6.92 Å². The molecule has 0 bridgehead atoms. The van der Waals surface area contributed by atoms with Gasteiger partial charge in [-0.05, 0) is 38.8 Å². The number of halogens is 2. The van der Waals surface area contributed by atoms with Crippen molar-refractivity contribution >= 4 is 58.7 Å². The van der Waals surface area contributed by atoms with E-state index in [1.165, 1.54) is 15.6 Å². The van der Waals surface area contributed by atoms with Crippen LogP contribution in [0.25, 0.3) is 0 Å². The average Bonchev–Trinajstić information content (AvgIpc) is 3.28. The number of rotatable bonds is 7. The number of hydrogen-bond acceptors (Lipinski definition) is 5. The van der Waals surface area contributed by atoms with Crippen molar-refractivity contribution < 1.29 is 0 Å². The maximum atomic E-state index is 6.29. The molecule has 9 heteroatoms. The van der Waals surface area contributed by atoms with Gasteiger partial charge in [0.1, 0.15) is 5.82 Å². The second kappa shape index (κ2) is 11.9. The molecule has 29 heavy (non-hydrogen) atoms. The van der Waals surface area contributed by atoms with Gasteiger partial charge >= 0.3 is 0 Å². The zero-order valence-electron chi connectivity index (χ0n) is 17.2. The van der Waals surface area contributed by atoms with Crippen molar-refractivity contribution in [2.24, 2.45) is 4.99 Å². The second-order valence-corrected chi connectivity index (χ2v) is 8.55. The van der Waals surface area contributed by atoms with E-state index in [-0.39, 0.29) is 24.0 Å². The van der Waals surface area contributed by atoms with Crippen molar-refractivity contribution in [3.63, 3.8) is 0 Å². The third-order valence-corrected chi connectivity index (χ3v) is 6.15. The Morgan fingerprint density at radius 3 is 2.93 bits per heavy atom. The quantitative estimate of drug-likeness (QED) is 0.310. The zero-order valence-corrected chi connectivity index (χ0v) is 21.1. The molecule has 1 fully saturated rings. The number of aliphatic imine (C=N–C) groups is 1. The van der Waals surface area contributed by atoms with Crippen LogP contribution in [-0.4, -0.2) is 48.1 Å². The number of guanidine groups is 1. The highest BCUT2D eigenvalue weighted by atomic mass is 127. The monoisotopic (exact) mass is 548 g/mol. The highest BCUT2D eigenvalue weighted by molar-refractivity contribution is 14.0. The van der Waals surface area contributed by atoms with Gasteiger partial charge in [0.2, 0.25) is 0 Å². The molecule has 0 spiro atoms. The summed E-state index contributed by atoms with van der Waals surface area (Å²) in [5, 5.41) is 8.79. The molecule has 3 rings (SSSR count). The Kier molecular flexibility index (Phi) is 9.91. The minimum Gasteiger partial charge on any atom is -0.357 e. The summed E-state index contributed by atoms with van der Waals surface area (Å²) in [6.07, 6.45) is 4.69. The molecular formula is C20H30ClIN6S. The van der Waals surface area contributed by atoms with Crippen LogP contribution in [0.4, 0.5) is 5.82 Å². The van der Waals surface area contributed by atoms with Crippen molar-refractivity contribution in [2.45, 2.75) is 46.1 Å². The van der Waals surface area contributed by atoms with Crippen molar-refractivity contribution in [2.75, 3.05) is 31.1 Å². The first-order valence-electron chi connectivity index (χ1n) is 9.96. The number of pyridine rings is 1. The van der Waals surface area contributed by atoms with E-state index in [9.17, 15) is 0 Å². The lowest BCUT2D eigenvalue weighted by molar-refractivity contribution is 0.648. The lowest BCUT2D eigenvalue weighted by atomic mass is 10.3. The van der Waals surface area contributed by atoms with Crippen LogP contribution in [0.15, 0.2) is 23.3 Å². The number of hydrogen-bond donors (Lipinski definition) is 2. The molecule has 160 valence electrons. The summed E-state index contributed by atoms with van der Waals surface area (Å²) in [7, 11) is 0. The first-order chi connectivity index (χ1) is 13.6. The Morgan fingerprint density at radius 1 is 1.41 bits per heavy atom. The molecule has 2 N–H and O–H groups in total. The van der Waals surface area contributed by atoms with E-state index in [4.69, 9.17) is 21.6 Å². The Morgan fingerprint density at radius 2 is 2.24 bits per heavy atom. The minimum atomic E-state index is 0. The number of nitrogens with zero attached hydrogens (tertiary/aromatic N) is 4. The van der Waals surface area contributed by atoms with Gasteiger partial charge in [-0.2, -0.15) is 0 Å². The van der Waals surface area contributed by atoms with Crippen LogP contribution in [0.3, 0.4) is 0 Å². The molecule has 0 saturated carbocycles. The fourth-order valence-electron chi connectivity index (χ4n) is 3.38. The molecular weight excluding hydrogens is 519 g/mol. The van der Waals surface area contributed by atoms with E-state index in [0.717, 1.165) is 57.2 Å². The number of thiazole rings is 1. The summed E-state index contributed by atoms with van der Waals surface area (Å²) >= 11 is 8.08. The fourth-order valence-corrected chi connectivity index (χ4v) is 4.63. The molecule has 1 unspecified atom stereocenters.